The molecule has 188 valence electrons. The van der Waals surface area contributed by atoms with Crippen LogP contribution in [0.3, 0.4) is 0 Å². The molecule has 1 heterocycles. The second kappa shape index (κ2) is 13.3. The number of rotatable bonds is 14. The third-order valence-electron chi connectivity index (χ3n) is 5.88. The smallest absolute Gasteiger partial charge is 0.336 e. The van der Waals surface area contributed by atoms with Crippen molar-refractivity contribution >= 4 is 16.9 Å². The average molecular weight is 472 g/mol. The van der Waals surface area contributed by atoms with Crippen LogP contribution in [0.5, 0.6) is 5.75 Å². The molecule has 0 saturated carbocycles. The Hall–Kier alpha value is -2.60. The molecule has 0 saturated heterocycles. The summed E-state index contributed by atoms with van der Waals surface area (Å²) in [7, 11) is 4.25. The van der Waals surface area contributed by atoms with Crippen LogP contribution < -0.4 is 10.4 Å². The van der Waals surface area contributed by atoms with E-state index in [1.807, 2.05) is 17.0 Å². The number of carbonyl (C=O) groups excluding carboxylic acids is 1. The van der Waals surface area contributed by atoms with Crippen LogP contribution in [0.2, 0.25) is 0 Å². The normalized spacial score (nSPS) is 11.5. The zero-order chi connectivity index (χ0) is 25.1. The fraction of sp³-hybridized carbons (Fsp3) is 0.571. The second-order valence-corrected chi connectivity index (χ2v) is 9.95. The van der Waals surface area contributed by atoms with E-state index in [-0.39, 0.29) is 11.5 Å². The van der Waals surface area contributed by atoms with Crippen LogP contribution in [0.15, 0.2) is 45.1 Å². The summed E-state index contributed by atoms with van der Waals surface area (Å²) in [5.74, 6) is 1.00. The van der Waals surface area contributed by atoms with Crippen LogP contribution >= 0.6 is 0 Å². The Kier molecular flexibility index (Phi) is 10.8. The summed E-state index contributed by atoms with van der Waals surface area (Å²) in [6.07, 6.45) is 6.61. The highest BCUT2D eigenvalue weighted by Gasteiger charge is 2.23. The molecule has 0 atom stereocenters. The fourth-order valence-electron chi connectivity index (χ4n) is 4.08. The first kappa shape index (κ1) is 27.6. The molecule has 0 aliphatic heterocycles. The van der Waals surface area contributed by atoms with Gasteiger partial charge in [0, 0.05) is 30.1 Å². The molecule has 6 nitrogen and oxygen atoms in total. The van der Waals surface area contributed by atoms with Crippen LogP contribution in [-0.4, -0.2) is 62.2 Å². The van der Waals surface area contributed by atoms with Gasteiger partial charge < -0.3 is 18.5 Å². The lowest BCUT2D eigenvalue weighted by molar-refractivity contribution is -0.883. The van der Waals surface area contributed by atoms with Crippen molar-refractivity contribution in [3.63, 3.8) is 0 Å². The Labute approximate surface area is 204 Å². The van der Waals surface area contributed by atoms with Gasteiger partial charge >= 0.3 is 5.63 Å². The molecule has 1 aromatic heterocycles. The Bertz CT molecular complexity index is 1010. The van der Waals surface area contributed by atoms with Gasteiger partial charge in [-0.15, -0.1) is 0 Å². The number of fused-ring (bicyclic) bond motifs is 1. The van der Waals surface area contributed by atoms with Gasteiger partial charge in [-0.05, 0) is 64.2 Å². The van der Waals surface area contributed by atoms with E-state index < -0.39 is 0 Å². The maximum atomic E-state index is 12.7. The molecule has 0 bridgehead atoms. The van der Waals surface area contributed by atoms with Gasteiger partial charge in [-0.2, -0.15) is 0 Å². The van der Waals surface area contributed by atoms with E-state index in [9.17, 15) is 9.59 Å². The van der Waals surface area contributed by atoms with Crippen molar-refractivity contribution in [1.82, 2.24) is 4.90 Å². The van der Waals surface area contributed by atoms with E-state index in [0.717, 1.165) is 62.0 Å². The maximum absolute atomic E-state index is 12.7. The highest BCUT2D eigenvalue weighted by Crippen LogP contribution is 2.28. The molecule has 0 aliphatic rings. The lowest BCUT2D eigenvalue weighted by Crippen LogP contribution is -2.49. The largest absolute Gasteiger partial charge is 0.493 e. The number of hydrogen-bond acceptors (Lipinski definition) is 4. The number of quaternary nitrogens is 1. The number of amides is 1. The lowest BCUT2D eigenvalue weighted by Gasteiger charge is -2.32. The summed E-state index contributed by atoms with van der Waals surface area (Å²) in [5.41, 5.74) is 2.36. The topological polar surface area (TPSA) is 59.8 Å². The van der Waals surface area contributed by atoms with Crippen LogP contribution in [0.25, 0.3) is 11.0 Å². The predicted octanol–water partition coefficient (Wildman–Crippen LogP) is 5.19. The molecule has 0 aliphatic carbocycles. The van der Waals surface area contributed by atoms with Gasteiger partial charge in [-0.1, -0.05) is 25.5 Å². The van der Waals surface area contributed by atoms with E-state index in [4.69, 9.17) is 9.15 Å². The number of unbranched alkanes of at least 4 members (excludes halogenated alkanes) is 1. The minimum absolute atomic E-state index is 0.242. The molecule has 0 fully saturated rings. The molecule has 0 radical (unpaired) electrons. The van der Waals surface area contributed by atoms with Gasteiger partial charge in [0.05, 0.1) is 27.2 Å². The molecule has 2 aromatic rings. The molecule has 0 unspecified atom stereocenters. The third-order valence-corrected chi connectivity index (χ3v) is 5.88. The van der Waals surface area contributed by atoms with E-state index in [1.54, 1.807) is 6.07 Å². The van der Waals surface area contributed by atoms with Crippen molar-refractivity contribution in [3.8, 4) is 5.75 Å². The van der Waals surface area contributed by atoms with Crippen LogP contribution in [0.1, 0.15) is 58.9 Å². The van der Waals surface area contributed by atoms with Gasteiger partial charge in [0.1, 0.15) is 11.3 Å². The minimum atomic E-state index is -0.353. The van der Waals surface area contributed by atoms with Crippen molar-refractivity contribution in [3.05, 3.63) is 51.9 Å². The fourth-order valence-corrected chi connectivity index (χ4v) is 4.08. The lowest BCUT2D eigenvalue weighted by atomic mass is 10.1. The highest BCUT2D eigenvalue weighted by molar-refractivity contribution is 5.82. The summed E-state index contributed by atoms with van der Waals surface area (Å²) < 4.78 is 12.3. The van der Waals surface area contributed by atoms with Gasteiger partial charge in [-0.25, -0.2) is 4.79 Å². The third kappa shape index (κ3) is 8.64. The SMILES string of the molecule is CCCN(CCC)C(=O)C[N+](C)(C)CCCCOc1ccc2ccc(=O)oc2c1CC=C(C)C. The zero-order valence-electron chi connectivity index (χ0n) is 22.0. The zero-order valence-corrected chi connectivity index (χ0v) is 22.0. The first-order valence-corrected chi connectivity index (χ1v) is 12.6. The molecule has 1 amide bonds. The summed E-state index contributed by atoms with van der Waals surface area (Å²) in [6.45, 7) is 12.0. The first-order chi connectivity index (χ1) is 16.2. The Morgan fingerprint density at radius 3 is 2.38 bits per heavy atom. The van der Waals surface area contributed by atoms with Crippen molar-refractivity contribution in [2.24, 2.45) is 0 Å². The van der Waals surface area contributed by atoms with E-state index >= 15 is 0 Å². The number of carbonyl (C=O) groups is 1. The number of nitrogens with zero attached hydrogens (tertiary/aromatic N) is 2. The summed E-state index contributed by atoms with van der Waals surface area (Å²) in [6, 6.07) is 7.14. The maximum Gasteiger partial charge on any atom is 0.336 e. The number of ether oxygens (including phenoxy) is 1. The summed E-state index contributed by atoms with van der Waals surface area (Å²) in [5, 5.41) is 0.896. The van der Waals surface area contributed by atoms with Crippen molar-refractivity contribution < 1.29 is 18.4 Å². The second-order valence-electron chi connectivity index (χ2n) is 9.95. The van der Waals surface area contributed by atoms with Crippen LogP contribution in [0.4, 0.5) is 0 Å². The Morgan fingerprint density at radius 1 is 1.06 bits per heavy atom. The molecule has 0 spiro atoms. The molecule has 34 heavy (non-hydrogen) atoms. The molecule has 0 N–H and O–H groups in total. The quantitative estimate of drug-likeness (QED) is 0.165. The van der Waals surface area contributed by atoms with Gasteiger partial charge in [0.25, 0.3) is 5.91 Å². The van der Waals surface area contributed by atoms with Crippen molar-refractivity contribution in [2.75, 3.05) is 46.9 Å². The highest BCUT2D eigenvalue weighted by atomic mass is 16.5. The Balaban J connectivity index is 1.95. The van der Waals surface area contributed by atoms with Gasteiger partial charge in [-0.3, -0.25) is 4.79 Å². The number of likely N-dealkylation sites (N-methyl/N-ethyl adjacent to an activating group) is 1. The number of hydrogen-bond donors (Lipinski definition) is 0. The van der Waals surface area contributed by atoms with Crippen molar-refractivity contribution in [1.29, 1.82) is 0 Å². The molecular formula is C28H43N2O4+. The molecule has 2 rings (SSSR count). The molecule has 1 aromatic carbocycles. The van der Waals surface area contributed by atoms with Crippen molar-refractivity contribution in [2.45, 2.75) is 59.8 Å². The average Bonchev–Trinajstić information content (AvgIpc) is 2.77. The van der Waals surface area contributed by atoms with Crippen LogP contribution in [0, 0.1) is 0 Å². The number of allylic oxidation sites excluding steroid dienone is 2. The monoisotopic (exact) mass is 471 g/mol. The van der Waals surface area contributed by atoms with Gasteiger partial charge in [0.2, 0.25) is 0 Å². The van der Waals surface area contributed by atoms with E-state index in [0.29, 0.717) is 29.6 Å². The minimum Gasteiger partial charge on any atom is -0.493 e. The molecular weight excluding hydrogens is 428 g/mol. The number of benzene rings is 1. The first-order valence-electron chi connectivity index (χ1n) is 12.6. The van der Waals surface area contributed by atoms with E-state index in [2.05, 4.69) is 47.9 Å². The summed E-state index contributed by atoms with van der Waals surface area (Å²) >= 11 is 0. The van der Waals surface area contributed by atoms with E-state index in [1.165, 1.54) is 11.6 Å². The Morgan fingerprint density at radius 2 is 1.74 bits per heavy atom. The predicted molar refractivity (Wildman–Crippen MR) is 139 cm³/mol. The summed E-state index contributed by atoms with van der Waals surface area (Å²) in [4.78, 5) is 26.6. The van der Waals surface area contributed by atoms with Gasteiger partial charge in [0.15, 0.2) is 6.54 Å². The standard InChI is InChI=1S/C28H43N2O4/c1-7-17-29(18-8-2)26(31)21-30(5,6)19-9-10-20-33-25-15-12-23-13-16-27(32)34-28(23)24(25)14-11-22(3)4/h11-13,15-16H,7-10,14,17-21H2,1-6H3/q+1. The van der Waals surface area contributed by atoms with Crippen LogP contribution in [-0.2, 0) is 11.2 Å². The molecule has 6 heteroatoms.